The standard InChI is InChI=1S/C13H14N2O/c14-8-12-9-15-7-6-13(12)16-10-11-4-2-1-3-5-11/h1-7,9H,8,10,14H2. The van der Waals surface area contributed by atoms with Crippen LogP contribution >= 0.6 is 0 Å². The second kappa shape index (κ2) is 5.28. The number of aromatic nitrogens is 1. The highest BCUT2D eigenvalue weighted by Crippen LogP contribution is 2.17. The average molecular weight is 214 g/mol. The van der Waals surface area contributed by atoms with Gasteiger partial charge in [0.15, 0.2) is 0 Å². The first-order valence-electron chi connectivity index (χ1n) is 5.20. The van der Waals surface area contributed by atoms with E-state index in [0.29, 0.717) is 13.2 Å². The third-order valence-electron chi connectivity index (χ3n) is 2.32. The van der Waals surface area contributed by atoms with Crippen LogP contribution in [0, 0.1) is 0 Å². The molecular weight excluding hydrogens is 200 g/mol. The Morgan fingerprint density at radius 3 is 2.69 bits per heavy atom. The van der Waals surface area contributed by atoms with Gasteiger partial charge in [-0.05, 0) is 11.6 Å². The van der Waals surface area contributed by atoms with E-state index >= 15 is 0 Å². The minimum atomic E-state index is 0.442. The summed E-state index contributed by atoms with van der Waals surface area (Å²) in [4.78, 5) is 4.01. The van der Waals surface area contributed by atoms with Crippen molar-refractivity contribution in [3.8, 4) is 5.75 Å². The summed E-state index contributed by atoms with van der Waals surface area (Å²) in [5, 5.41) is 0. The number of nitrogens with zero attached hydrogens (tertiary/aromatic N) is 1. The van der Waals surface area contributed by atoms with E-state index in [4.69, 9.17) is 10.5 Å². The Labute approximate surface area is 94.9 Å². The van der Waals surface area contributed by atoms with Crippen LogP contribution in [0.4, 0.5) is 0 Å². The number of pyridine rings is 1. The Bertz CT molecular complexity index is 443. The molecule has 0 bridgehead atoms. The predicted molar refractivity (Wildman–Crippen MR) is 62.9 cm³/mol. The van der Waals surface area contributed by atoms with Gasteiger partial charge in [0.1, 0.15) is 12.4 Å². The quantitative estimate of drug-likeness (QED) is 0.848. The SMILES string of the molecule is NCc1cnccc1OCc1ccccc1. The summed E-state index contributed by atoms with van der Waals surface area (Å²) in [6.45, 7) is 0.996. The van der Waals surface area contributed by atoms with E-state index in [0.717, 1.165) is 16.9 Å². The lowest BCUT2D eigenvalue weighted by molar-refractivity contribution is 0.302. The van der Waals surface area contributed by atoms with Crippen LogP contribution in [-0.2, 0) is 13.2 Å². The third kappa shape index (κ3) is 2.58. The van der Waals surface area contributed by atoms with Crippen molar-refractivity contribution in [2.24, 2.45) is 5.73 Å². The van der Waals surface area contributed by atoms with Gasteiger partial charge in [0, 0.05) is 24.5 Å². The second-order valence-electron chi connectivity index (χ2n) is 3.46. The summed E-state index contributed by atoms with van der Waals surface area (Å²) in [6, 6.07) is 11.9. The molecule has 0 saturated heterocycles. The molecule has 0 aliphatic carbocycles. The molecule has 0 amide bonds. The number of nitrogens with two attached hydrogens (primary N) is 1. The van der Waals surface area contributed by atoms with Gasteiger partial charge in [-0.15, -0.1) is 0 Å². The van der Waals surface area contributed by atoms with Crippen molar-refractivity contribution < 1.29 is 4.74 Å². The van der Waals surface area contributed by atoms with Crippen molar-refractivity contribution in [2.75, 3.05) is 0 Å². The van der Waals surface area contributed by atoms with Gasteiger partial charge in [0.2, 0.25) is 0 Å². The van der Waals surface area contributed by atoms with Crippen LogP contribution in [0.3, 0.4) is 0 Å². The molecule has 0 spiro atoms. The van der Waals surface area contributed by atoms with Crippen molar-refractivity contribution >= 4 is 0 Å². The Kier molecular flexibility index (Phi) is 3.51. The molecule has 2 aromatic rings. The van der Waals surface area contributed by atoms with E-state index < -0.39 is 0 Å². The smallest absolute Gasteiger partial charge is 0.127 e. The van der Waals surface area contributed by atoms with E-state index in [-0.39, 0.29) is 0 Å². The molecule has 1 aromatic heterocycles. The summed E-state index contributed by atoms with van der Waals surface area (Å²) in [6.07, 6.45) is 3.44. The maximum absolute atomic E-state index is 5.69. The average Bonchev–Trinajstić information content (AvgIpc) is 2.38. The number of rotatable bonds is 4. The maximum Gasteiger partial charge on any atom is 0.127 e. The van der Waals surface area contributed by atoms with Crippen molar-refractivity contribution in [1.29, 1.82) is 0 Å². The molecule has 1 aromatic carbocycles. The summed E-state index contributed by atoms with van der Waals surface area (Å²) >= 11 is 0. The van der Waals surface area contributed by atoms with Crippen molar-refractivity contribution in [3.63, 3.8) is 0 Å². The summed E-state index contributed by atoms with van der Waals surface area (Å²) in [7, 11) is 0. The van der Waals surface area contributed by atoms with Gasteiger partial charge in [0.25, 0.3) is 0 Å². The molecule has 1 heterocycles. The van der Waals surface area contributed by atoms with Crippen molar-refractivity contribution in [1.82, 2.24) is 4.98 Å². The molecule has 0 atom stereocenters. The monoisotopic (exact) mass is 214 g/mol. The fourth-order valence-corrected chi connectivity index (χ4v) is 1.44. The molecule has 0 aliphatic rings. The molecule has 0 unspecified atom stereocenters. The first-order valence-corrected chi connectivity index (χ1v) is 5.20. The van der Waals surface area contributed by atoms with Crippen molar-refractivity contribution in [3.05, 3.63) is 59.9 Å². The minimum Gasteiger partial charge on any atom is -0.488 e. The zero-order valence-corrected chi connectivity index (χ0v) is 8.97. The Balaban J connectivity index is 2.05. The van der Waals surface area contributed by atoms with E-state index in [2.05, 4.69) is 4.98 Å². The number of benzene rings is 1. The summed E-state index contributed by atoms with van der Waals surface area (Å²) < 4.78 is 5.69. The Morgan fingerprint density at radius 1 is 1.12 bits per heavy atom. The second-order valence-corrected chi connectivity index (χ2v) is 3.46. The lowest BCUT2D eigenvalue weighted by atomic mass is 10.2. The van der Waals surface area contributed by atoms with E-state index in [1.54, 1.807) is 12.4 Å². The predicted octanol–water partition coefficient (Wildman–Crippen LogP) is 2.12. The van der Waals surface area contributed by atoms with Gasteiger partial charge in [0.05, 0.1) is 0 Å². The largest absolute Gasteiger partial charge is 0.488 e. The van der Waals surface area contributed by atoms with Gasteiger partial charge in [-0.25, -0.2) is 0 Å². The maximum atomic E-state index is 5.69. The summed E-state index contributed by atoms with van der Waals surface area (Å²) in [5.74, 6) is 0.807. The Morgan fingerprint density at radius 2 is 1.94 bits per heavy atom. The molecule has 0 saturated carbocycles. The van der Waals surface area contributed by atoms with Crippen LogP contribution in [0.25, 0.3) is 0 Å². The molecule has 0 radical (unpaired) electrons. The minimum absolute atomic E-state index is 0.442. The fourth-order valence-electron chi connectivity index (χ4n) is 1.44. The van der Waals surface area contributed by atoms with Crippen LogP contribution in [-0.4, -0.2) is 4.98 Å². The first kappa shape index (κ1) is 10.6. The fraction of sp³-hybridized carbons (Fsp3) is 0.154. The van der Waals surface area contributed by atoms with Crippen LogP contribution in [0.1, 0.15) is 11.1 Å². The van der Waals surface area contributed by atoms with Gasteiger partial charge < -0.3 is 10.5 Å². The molecule has 82 valence electrons. The van der Waals surface area contributed by atoms with E-state index in [1.165, 1.54) is 0 Å². The molecule has 3 nitrogen and oxygen atoms in total. The van der Waals surface area contributed by atoms with Crippen LogP contribution < -0.4 is 10.5 Å². The summed E-state index contributed by atoms with van der Waals surface area (Å²) in [5.41, 5.74) is 7.67. The van der Waals surface area contributed by atoms with Crippen LogP contribution in [0.2, 0.25) is 0 Å². The molecule has 16 heavy (non-hydrogen) atoms. The first-order chi connectivity index (χ1) is 7.90. The Hall–Kier alpha value is -1.87. The van der Waals surface area contributed by atoms with Gasteiger partial charge in [-0.1, -0.05) is 30.3 Å². The molecule has 2 N–H and O–H groups in total. The number of ether oxygens (including phenoxy) is 1. The van der Waals surface area contributed by atoms with Crippen LogP contribution in [0.5, 0.6) is 5.75 Å². The molecule has 0 aliphatic heterocycles. The van der Waals surface area contributed by atoms with E-state index in [9.17, 15) is 0 Å². The highest BCUT2D eigenvalue weighted by atomic mass is 16.5. The van der Waals surface area contributed by atoms with Gasteiger partial charge in [-0.2, -0.15) is 0 Å². The highest BCUT2D eigenvalue weighted by Gasteiger charge is 2.01. The topological polar surface area (TPSA) is 48.1 Å². The zero-order valence-electron chi connectivity index (χ0n) is 8.97. The molecule has 0 fully saturated rings. The van der Waals surface area contributed by atoms with E-state index in [1.807, 2.05) is 36.4 Å². The van der Waals surface area contributed by atoms with Gasteiger partial charge >= 0.3 is 0 Å². The number of hydrogen-bond acceptors (Lipinski definition) is 3. The van der Waals surface area contributed by atoms with Crippen molar-refractivity contribution in [2.45, 2.75) is 13.2 Å². The van der Waals surface area contributed by atoms with Crippen LogP contribution in [0.15, 0.2) is 48.8 Å². The lowest BCUT2D eigenvalue weighted by Crippen LogP contribution is -2.03. The lowest BCUT2D eigenvalue weighted by Gasteiger charge is -2.09. The van der Waals surface area contributed by atoms with Gasteiger partial charge in [-0.3, -0.25) is 4.98 Å². The normalized spacial score (nSPS) is 10.1. The highest BCUT2D eigenvalue weighted by molar-refractivity contribution is 5.30. The third-order valence-corrected chi connectivity index (χ3v) is 2.32. The molecule has 2 rings (SSSR count). The number of hydrogen-bond donors (Lipinski definition) is 1. The zero-order chi connectivity index (χ0) is 11.2. The molecular formula is C13H14N2O. The molecule has 3 heteroatoms.